The van der Waals surface area contributed by atoms with E-state index in [0.29, 0.717) is 17.2 Å². The first kappa shape index (κ1) is 17.0. The van der Waals surface area contributed by atoms with Gasteiger partial charge >= 0.3 is 0 Å². The Hall–Kier alpha value is -2.40. The number of aromatic nitrogens is 1. The molecule has 3 aromatic rings. The number of likely N-dealkylation sites (tertiary alicyclic amines) is 1. The first-order chi connectivity index (χ1) is 12.7. The van der Waals surface area contributed by atoms with Crippen LogP contribution in [0.1, 0.15) is 29.6 Å². The van der Waals surface area contributed by atoms with Crippen molar-refractivity contribution in [2.24, 2.45) is 0 Å². The molecule has 1 fully saturated rings. The molecule has 4 rings (SSSR count). The molecule has 0 saturated carbocycles. The van der Waals surface area contributed by atoms with Crippen molar-refractivity contribution >= 4 is 21.8 Å². The lowest BCUT2D eigenvalue weighted by Gasteiger charge is -2.27. The lowest BCUT2D eigenvalue weighted by Crippen LogP contribution is -2.35. The van der Waals surface area contributed by atoms with Crippen LogP contribution in [0.4, 0.5) is 0 Å². The first-order valence-corrected chi connectivity index (χ1v) is 9.62. The Kier molecular flexibility index (Phi) is 4.89. The number of oxazole rings is 1. The second-order valence-corrected chi connectivity index (χ2v) is 7.35. The van der Waals surface area contributed by atoms with Gasteiger partial charge in [0.15, 0.2) is 5.76 Å². The molecule has 0 N–H and O–H groups in total. The van der Waals surface area contributed by atoms with Crippen molar-refractivity contribution in [1.29, 1.82) is 0 Å². The van der Waals surface area contributed by atoms with Crippen LogP contribution in [0.2, 0.25) is 0 Å². The number of hydrogen-bond acceptors (Lipinski definition) is 3. The molecular formula is C21H19BrN2O2. The SMILES string of the molecule is O=C(c1ccccc1-c1ncc(-c2ccc(Br)cc2)o1)N1CCCCC1. The topological polar surface area (TPSA) is 46.3 Å². The molecule has 132 valence electrons. The molecular weight excluding hydrogens is 392 g/mol. The predicted octanol–water partition coefficient (Wildman–Crippen LogP) is 5.40. The summed E-state index contributed by atoms with van der Waals surface area (Å²) in [4.78, 5) is 19.3. The number of rotatable bonds is 3. The van der Waals surface area contributed by atoms with Crippen LogP contribution in [-0.2, 0) is 0 Å². The lowest BCUT2D eigenvalue weighted by atomic mass is 10.0. The highest BCUT2D eigenvalue weighted by Crippen LogP contribution is 2.29. The Bertz CT molecular complexity index is 912. The van der Waals surface area contributed by atoms with E-state index in [9.17, 15) is 4.79 Å². The van der Waals surface area contributed by atoms with Gasteiger partial charge in [-0.1, -0.05) is 40.2 Å². The summed E-state index contributed by atoms with van der Waals surface area (Å²) in [6, 6.07) is 15.4. The Labute approximate surface area is 161 Å². The Balaban J connectivity index is 1.66. The molecule has 1 aromatic heterocycles. The van der Waals surface area contributed by atoms with Crippen molar-refractivity contribution in [3.8, 4) is 22.8 Å². The molecule has 2 aromatic carbocycles. The van der Waals surface area contributed by atoms with Crippen molar-refractivity contribution in [3.05, 3.63) is 64.8 Å². The summed E-state index contributed by atoms with van der Waals surface area (Å²) in [7, 11) is 0. The second-order valence-electron chi connectivity index (χ2n) is 6.44. The molecule has 1 amide bonds. The van der Waals surface area contributed by atoms with Crippen LogP contribution in [0.5, 0.6) is 0 Å². The van der Waals surface area contributed by atoms with E-state index in [4.69, 9.17) is 4.42 Å². The quantitative estimate of drug-likeness (QED) is 0.580. The van der Waals surface area contributed by atoms with Crippen molar-refractivity contribution in [3.63, 3.8) is 0 Å². The zero-order valence-electron chi connectivity index (χ0n) is 14.3. The third-order valence-corrected chi connectivity index (χ3v) is 5.19. The van der Waals surface area contributed by atoms with E-state index >= 15 is 0 Å². The fourth-order valence-corrected chi connectivity index (χ4v) is 3.53. The molecule has 5 heteroatoms. The van der Waals surface area contributed by atoms with Gasteiger partial charge < -0.3 is 9.32 Å². The number of halogens is 1. The van der Waals surface area contributed by atoms with Crippen LogP contribution in [0.25, 0.3) is 22.8 Å². The highest BCUT2D eigenvalue weighted by atomic mass is 79.9. The molecule has 2 heterocycles. The molecule has 0 bridgehead atoms. The Morgan fingerprint density at radius 2 is 1.73 bits per heavy atom. The molecule has 26 heavy (non-hydrogen) atoms. The van der Waals surface area contributed by atoms with Crippen LogP contribution < -0.4 is 0 Å². The van der Waals surface area contributed by atoms with E-state index in [1.54, 1.807) is 6.20 Å². The molecule has 0 aliphatic carbocycles. The largest absolute Gasteiger partial charge is 0.436 e. The minimum atomic E-state index is 0.0590. The Morgan fingerprint density at radius 1 is 1.00 bits per heavy atom. The van der Waals surface area contributed by atoms with Gasteiger partial charge in [-0.05, 0) is 43.5 Å². The fraction of sp³-hybridized carbons (Fsp3) is 0.238. The highest BCUT2D eigenvalue weighted by Gasteiger charge is 2.22. The third-order valence-electron chi connectivity index (χ3n) is 4.67. The fourth-order valence-electron chi connectivity index (χ4n) is 3.27. The highest BCUT2D eigenvalue weighted by molar-refractivity contribution is 9.10. The van der Waals surface area contributed by atoms with E-state index in [2.05, 4.69) is 20.9 Å². The zero-order chi connectivity index (χ0) is 17.9. The maximum absolute atomic E-state index is 13.0. The normalized spacial score (nSPS) is 14.4. The van der Waals surface area contributed by atoms with Crippen molar-refractivity contribution < 1.29 is 9.21 Å². The van der Waals surface area contributed by atoms with Crippen LogP contribution in [0.3, 0.4) is 0 Å². The van der Waals surface area contributed by atoms with Gasteiger partial charge in [0.1, 0.15) is 0 Å². The van der Waals surface area contributed by atoms with Crippen LogP contribution in [-0.4, -0.2) is 28.9 Å². The number of benzene rings is 2. The van der Waals surface area contributed by atoms with Gasteiger partial charge in [-0.15, -0.1) is 0 Å². The molecule has 1 aliphatic heterocycles. The number of hydrogen-bond donors (Lipinski definition) is 0. The number of carbonyl (C=O) groups excluding carboxylic acids is 1. The summed E-state index contributed by atoms with van der Waals surface area (Å²) >= 11 is 3.43. The number of amides is 1. The number of carbonyl (C=O) groups is 1. The van der Waals surface area contributed by atoms with Crippen LogP contribution >= 0.6 is 15.9 Å². The van der Waals surface area contributed by atoms with E-state index in [0.717, 1.165) is 41.5 Å². The molecule has 0 radical (unpaired) electrons. The average molecular weight is 411 g/mol. The summed E-state index contributed by atoms with van der Waals surface area (Å²) in [6.07, 6.45) is 5.05. The minimum Gasteiger partial charge on any atom is -0.436 e. The van der Waals surface area contributed by atoms with E-state index in [1.165, 1.54) is 6.42 Å². The van der Waals surface area contributed by atoms with Crippen LogP contribution in [0.15, 0.2) is 63.6 Å². The summed E-state index contributed by atoms with van der Waals surface area (Å²) in [5, 5.41) is 0. The zero-order valence-corrected chi connectivity index (χ0v) is 15.9. The monoisotopic (exact) mass is 410 g/mol. The van der Waals surface area contributed by atoms with Crippen molar-refractivity contribution in [2.45, 2.75) is 19.3 Å². The average Bonchev–Trinajstić information content (AvgIpc) is 3.19. The standard InChI is InChI=1S/C21H19BrN2O2/c22-16-10-8-15(9-11-16)19-14-23-20(26-19)17-6-2-3-7-18(17)21(25)24-12-4-1-5-13-24/h2-3,6-11,14H,1,4-5,12-13H2. The maximum Gasteiger partial charge on any atom is 0.254 e. The van der Waals surface area contributed by atoms with Crippen LogP contribution in [0, 0.1) is 0 Å². The number of piperidine rings is 1. The summed E-state index contributed by atoms with van der Waals surface area (Å²) < 4.78 is 6.99. The van der Waals surface area contributed by atoms with Crippen molar-refractivity contribution in [1.82, 2.24) is 9.88 Å². The smallest absolute Gasteiger partial charge is 0.254 e. The maximum atomic E-state index is 13.0. The van der Waals surface area contributed by atoms with Gasteiger partial charge in [0.05, 0.1) is 11.8 Å². The van der Waals surface area contributed by atoms with Gasteiger partial charge in [0, 0.05) is 28.7 Å². The number of nitrogens with zero attached hydrogens (tertiary/aromatic N) is 2. The molecule has 0 atom stereocenters. The van der Waals surface area contributed by atoms with E-state index in [1.807, 2.05) is 53.4 Å². The molecule has 0 spiro atoms. The van der Waals surface area contributed by atoms with Gasteiger partial charge in [-0.25, -0.2) is 4.98 Å². The van der Waals surface area contributed by atoms with Gasteiger partial charge in [0.25, 0.3) is 5.91 Å². The summed E-state index contributed by atoms with van der Waals surface area (Å²) in [6.45, 7) is 1.64. The van der Waals surface area contributed by atoms with Crippen molar-refractivity contribution in [2.75, 3.05) is 13.1 Å². The molecule has 1 aliphatic rings. The van der Waals surface area contributed by atoms with Gasteiger partial charge in [-0.3, -0.25) is 4.79 Å². The summed E-state index contributed by atoms with van der Waals surface area (Å²) in [5.74, 6) is 1.22. The minimum absolute atomic E-state index is 0.0590. The molecule has 4 nitrogen and oxygen atoms in total. The van der Waals surface area contributed by atoms with E-state index in [-0.39, 0.29) is 5.91 Å². The van der Waals surface area contributed by atoms with E-state index < -0.39 is 0 Å². The van der Waals surface area contributed by atoms with Gasteiger partial charge in [0.2, 0.25) is 5.89 Å². The first-order valence-electron chi connectivity index (χ1n) is 8.83. The molecule has 0 unspecified atom stereocenters. The molecule has 1 saturated heterocycles. The summed E-state index contributed by atoms with van der Waals surface area (Å²) in [5.41, 5.74) is 2.34. The third kappa shape index (κ3) is 3.44. The second kappa shape index (κ2) is 7.46. The lowest BCUT2D eigenvalue weighted by molar-refractivity contribution is 0.0725. The Morgan fingerprint density at radius 3 is 2.50 bits per heavy atom. The predicted molar refractivity (Wildman–Crippen MR) is 105 cm³/mol. The van der Waals surface area contributed by atoms with Gasteiger partial charge in [-0.2, -0.15) is 0 Å².